The Morgan fingerprint density at radius 1 is 1.31 bits per heavy atom. The number of carbonyl (C=O) groups is 1. The smallest absolute Gasteiger partial charge is 0.328 e. The number of hydrogen-bond donors (Lipinski definition) is 0. The number of carbonyl (C=O) groups excluding carboxylic acids is 1. The first-order valence-electron chi connectivity index (χ1n) is 4.88. The quantitative estimate of drug-likeness (QED) is 0.604. The van der Waals surface area contributed by atoms with E-state index in [-0.39, 0.29) is 0 Å². The van der Waals surface area contributed by atoms with Crippen molar-refractivity contribution < 1.29 is 14.3 Å². The maximum absolute atomic E-state index is 11.4. The number of alkyl halides is 1. The summed E-state index contributed by atoms with van der Waals surface area (Å²) in [5, 5.41) is -0.833. The van der Waals surface area contributed by atoms with Gasteiger partial charge in [0.2, 0.25) is 0 Å². The van der Waals surface area contributed by atoms with Crippen LogP contribution in [0.3, 0.4) is 0 Å². The lowest BCUT2D eigenvalue weighted by molar-refractivity contribution is -0.140. The van der Waals surface area contributed by atoms with E-state index in [9.17, 15) is 4.79 Å². The van der Waals surface area contributed by atoms with Crippen LogP contribution in [0, 0.1) is 13.8 Å². The van der Waals surface area contributed by atoms with Crippen molar-refractivity contribution in [3.05, 3.63) is 28.8 Å². The Morgan fingerprint density at radius 2 is 1.94 bits per heavy atom. The van der Waals surface area contributed by atoms with Gasteiger partial charge in [0.25, 0.3) is 0 Å². The van der Waals surface area contributed by atoms with Crippen molar-refractivity contribution in [2.45, 2.75) is 19.2 Å². The Balaban J connectivity index is 3.26. The summed E-state index contributed by atoms with van der Waals surface area (Å²) < 4.78 is 9.86. The molecule has 0 radical (unpaired) electrons. The Kier molecular flexibility index (Phi) is 4.19. The van der Waals surface area contributed by atoms with E-state index in [0.717, 1.165) is 11.1 Å². The topological polar surface area (TPSA) is 35.5 Å². The Hall–Kier alpha value is -1.22. The number of halogens is 1. The largest absolute Gasteiger partial charge is 0.496 e. The van der Waals surface area contributed by atoms with Gasteiger partial charge in [0.05, 0.1) is 14.2 Å². The van der Waals surface area contributed by atoms with Gasteiger partial charge in [-0.05, 0) is 31.0 Å². The average Bonchev–Trinajstić information content (AvgIpc) is 2.26. The second-order valence-corrected chi connectivity index (χ2v) is 4.02. The van der Waals surface area contributed by atoms with E-state index in [4.69, 9.17) is 16.3 Å². The predicted octanol–water partition coefficient (Wildman–Crippen LogP) is 2.76. The summed E-state index contributed by atoms with van der Waals surface area (Å²) in [6, 6.07) is 3.80. The first kappa shape index (κ1) is 12.8. The van der Waals surface area contributed by atoms with Gasteiger partial charge in [-0.2, -0.15) is 0 Å². The maximum Gasteiger partial charge on any atom is 0.328 e. The van der Waals surface area contributed by atoms with Crippen LogP contribution >= 0.6 is 11.6 Å². The third-order valence-corrected chi connectivity index (χ3v) is 2.77. The molecule has 1 unspecified atom stereocenters. The molecular weight excluding hydrogens is 228 g/mol. The van der Waals surface area contributed by atoms with Crippen molar-refractivity contribution in [1.29, 1.82) is 0 Å². The van der Waals surface area contributed by atoms with Crippen molar-refractivity contribution in [2.24, 2.45) is 0 Å². The van der Waals surface area contributed by atoms with Crippen LogP contribution in [0.4, 0.5) is 0 Å². The van der Waals surface area contributed by atoms with Crippen LogP contribution in [0.2, 0.25) is 0 Å². The number of esters is 1. The molecule has 16 heavy (non-hydrogen) atoms. The van der Waals surface area contributed by atoms with E-state index in [1.165, 1.54) is 7.11 Å². The summed E-state index contributed by atoms with van der Waals surface area (Å²) in [6.45, 7) is 3.85. The second-order valence-electron chi connectivity index (χ2n) is 3.58. The Labute approximate surface area is 100 Å². The molecule has 0 spiro atoms. The minimum Gasteiger partial charge on any atom is -0.496 e. The predicted molar refractivity (Wildman–Crippen MR) is 63.1 cm³/mol. The molecule has 0 saturated heterocycles. The molecule has 0 aliphatic carbocycles. The highest BCUT2D eigenvalue weighted by Gasteiger charge is 2.24. The molecule has 4 heteroatoms. The van der Waals surface area contributed by atoms with Gasteiger partial charge in [0, 0.05) is 5.56 Å². The SMILES string of the molecule is COC(=O)C(Cl)c1c(C)cc(C)cc1OC. The summed E-state index contributed by atoms with van der Waals surface area (Å²) in [5.74, 6) is 0.134. The molecule has 88 valence electrons. The van der Waals surface area contributed by atoms with Crippen molar-refractivity contribution in [3.63, 3.8) is 0 Å². The van der Waals surface area contributed by atoms with E-state index in [0.29, 0.717) is 11.3 Å². The van der Waals surface area contributed by atoms with Crippen LogP contribution in [-0.4, -0.2) is 20.2 Å². The van der Waals surface area contributed by atoms with Crippen molar-refractivity contribution in [3.8, 4) is 5.75 Å². The fourth-order valence-corrected chi connectivity index (χ4v) is 2.02. The standard InChI is InChI=1S/C12H15ClO3/c1-7-5-8(2)10(9(6-7)15-3)11(13)12(14)16-4/h5-6,11H,1-4H3. The lowest BCUT2D eigenvalue weighted by Gasteiger charge is -2.16. The number of aryl methyl sites for hydroxylation is 2. The molecule has 1 aromatic rings. The van der Waals surface area contributed by atoms with Gasteiger partial charge in [0.15, 0.2) is 5.38 Å². The van der Waals surface area contributed by atoms with Crippen LogP contribution < -0.4 is 4.74 Å². The van der Waals surface area contributed by atoms with Gasteiger partial charge >= 0.3 is 5.97 Å². The zero-order chi connectivity index (χ0) is 12.3. The first-order chi connectivity index (χ1) is 7.51. The Bertz CT molecular complexity index is 401. The van der Waals surface area contributed by atoms with Crippen LogP contribution in [0.15, 0.2) is 12.1 Å². The van der Waals surface area contributed by atoms with Gasteiger partial charge in [-0.25, -0.2) is 0 Å². The molecule has 0 amide bonds. The highest BCUT2D eigenvalue weighted by Crippen LogP contribution is 2.34. The van der Waals surface area contributed by atoms with Gasteiger partial charge < -0.3 is 9.47 Å². The zero-order valence-corrected chi connectivity index (χ0v) is 10.6. The van der Waals surface area contributed by atoms with Gasteiger partial charge in [-0.1, -0.05) is 6.07 Å². The van der Waals surface area contributed by atoms with Gasteiger partial charge in [-0.3, -0.25) is 4.79 Å². The molecule has 3 nitrogen and oxygen atoms in total. The molecule has 0 saturated carbocycles. The molecule has 0 bridgehead atoms. The van der Waals surface area contributed by atoms with E-state index >= 15 is 0 Å². The summed E-state index contributed by atoms with van der Waals surface area (Å²) in [4.78, 5) is 11.4. The first-order valence-corrected chi connectivity index (χ1v) is 5.32. The zero-order valence-electron chi connectivity index (χ0n) is 9.83. The van der Waals surface area contributed by atoms with E-state index in [1.807, 2.05) is 26.0 Å². The highest BCUT2D eigenvalue weighted by molar-refractivity contribution is 6.30. The molecular formula is C12H15ClO3. The minimum atomic E-state index is -0.833. The minimum absolute atomic E-state index is 0.480. The molecule has 0 aliphatic heterocycles. The molecule has 0 fully saturated rings. The monoisotopic (exact) mass is 242 g/mol. The van der Waals surface area contributed by atoms with Crippen molar-refractivity contribution in [1.82, 2.24) is 0 Å². The van der Waals surface area contributed by atoms with Crippen molar-refractivity contribution >= 4 is 17.6 Å². The van der Waals surface area contributed by atoms with E-state index < -0.39 is 11.3 Å². The normalized spacial score (nSPS) is 12.1. The number of rotatable bonds is 3. The number of ether oxygens (including phenoxy) is 2. The lowest BCUT2D eigenvalue weighted by Crippen LogP contribution is -2.11. The van der Waals surface area contributed by atoms with Gasteiger partial charge in [-0.15, -0.1) is 11.6 Å². The lowest BCUT2D eigenvalue weighted by atomic mass is 10.0. The molecule has 1 atom stereocenters. The summed E-state index contributed by atoms with van der Waals surface area (Å²) in [6.07, 6.45) is 0. The average molecular weight is 243 g/mol. The van der Waals surface area contributed by atoms with Crippen LogP contribution in [0.5, 0.6) is 5.75 Å². The van der Waals surface area contributed by atoms with Crippen LogP contribution in [0.25, 0.3) is 0 Å². The highest BCUT2D eigenvalue weighted by atomic mass is 35.5. The summed E-state index contributed by atoms with van der Waals surface area (Å²) in [7, 11) is 2.87. The van der Waals surface area contributed by atoms with Gasteiger partial charge in [0.1, 0.15) is 5.75 Å². The fraction of sp³-hybridized carbons (Fsp3) is 0.417. The number of methoxy groups -OCH3 is 2. The van der Waals surface area contributed by atoms with Crippen molar-refractivity contribution in [2.75, 3.05) is 14.2 Å². The van der Waals surface area contributed by atoms with E-state index in [1.54, 1.807) is 7.11 Å². The number of benzene rings is 1. The summed E-state index contributed by atoms with van der Waals surface area (Å²) >= 11 is 6.04. The second kappa shape index (κ2) is 5.21. The van der Waals surface area contributed by atoms with E-state index in [2.05, 4.69) is 4.74 Å². The molecule has 0 N–H and O–H groups in total. The molecule has 1 aromatic carbocycles. The molecule has 0 heterocycles. The van der Waals surface area contributed by atoms with Crippen LogP contribution in [-0.2, 0) is 9.53 Å². The Morgan fingerprint density at radius 3 is 2.44 bits per heavy atom. The third-order valence-electron chi connectivity index (χ3n) is 2.37. The summed E-state index contributed by atoms with van der Waals surface area (Å²) in [5.41, 5.74) is 2.65. The third kappa shape index (κ3) is 2.47. The molecule has 0 aliphatic rings. The number of hydrogen-bond acceptors (Lipinski definition) is 3. The molecule has 1 rings (SSSR count). The molecule has 0 aromatic heterocycles. The fourth-order valence-electron chi connectivity index (χ4n) is 1.65. The maximum atomic E-state index is 11.4. The van der Waals surface area contributed by atoms with Crippen LogP contribution in [0.1, 0.15) is 22.1 Å².